The van der Waals surface area contributed by atoms with Crippen LogP contribution in [-0.2, 0) is 0 Å². The quantitative estimate of drug-likeness (QED) is 0.874. The minimum Gasteiger partial charge on any atom is -0.389 e. The van der Waals surface area contributed by atoms with Crippen molar-refractivity contribution in [3.8, 4) is 0 Å². The van der Waals surface area contributed by atoms with Crippen molar-refractivity contribution in [1.82, 2.24) is 9.97 Å². The van der Waals surface area contributed by atoms with E-state index in [4.69, 9.17) is 0 Å². The molecule has 0 bridgehead atoms. The van der Waals surface area contributed by atoms with Crippen LogP contribution in [0.4, 0.5) is 4.39 Å². The molecule has 0 unspecified atom stereocenters. The maximum absolute atomic E-state index is 13.9. The Kier molecular flexibility index (Phi) is 4.17. The van der Waals surface area contributed by atoms with Crippen LogP contribution in [0.3, 0.4) is 0 Å². The molecule has 0 saturated carbocycles. The zero-order valence-electron chi connectivity index (χ0n) is 11.0. The van der Waals surface area contributed by atoms with Gasteiger partial charge in [-0.05, 0) is 56.3 Å². The standard InChI is InChI=1S/C14H15FN2OS/c1-8-6-9(2)17-14(16-8)19-13-5-4-11(10(3)18)7-12(13)15/h4-7,10,18H,1-3H3/t10-/m1/s1. The lowest BCUT2D eigenvalue weighted by Crippen LogP contribution is -1.95. The van der Waals surface area contributed by atoms with Crippen LogP contribution in [0, 0.1) is 19.7 Å². The fourth-order valence-corrected chi connectivity index (χ4v) is 2.57. The van der Waals surface area contributed by atoms with Crippen molar-refractivity contribution < 1.29 is 9.50 Å². The first-order chi connectivity index (χ1) is 8.95. The Hall–Kier alpha value is -1.46. The molecule has 1 aromatic heterocycles. The topological polar surface area (TPSA) is 46.0 Å². The van der Waals surface area contributed by atoms with Gasteiger partial charge in [-0.3, -0.25) is 0 Å². The average molecular weight is 278 g/mol. The van der Waals surface area contributed by atoms with Gasteiger partial charge in [0.1, 0.15) is 5.82 Å². The summed E-state index contributed by atoms with van der Waals surface area (Å²) in [7, 11) is 0. The number of benzene rings is 1. The van der Waals surface area contributed by atoms with Crippen molar-refractivity contribution >= 4 is 11.8 Å². The molecule has 0 aliphatic rings. The molecule has 1 N–H and O–H groups in total. The number of nitrogens with zero attached hydrogens (tertiary/aromatic N) is 2. The fraction of sp³-hybridized carbons (Fsp3) is 0.286. The summed E-state index contributed by atoms with van der Waals surface area (Å²) >= 11 is 1.18. The number of hydrogen-bond acceptors (Lipinski definition) is 4. The number of aromatic nitrogens is 2. The minimum absolute atomic E-state index is 0.369. The van der Waals surface area contributed by atoms with Crippen LogP contribution in [-0.4, -0.2) is 15.1 Å². The van der Waals surface area contributed by atoms with Crippen molar-refractivity contribution in [3.63, 3.8) is 0 Å². The van der Waals surface area contributed by atoms with E-state index in [2.05, 4.69) is 9.97 Å². The monoisotopic (exact) mass is 278 g/mol. The largest absolute Gasteiger partial charge is 0.389 e. The van der Waals surface area contributed by atoms with Gasteiger partial charge in [0, 0.05) is 11.4 Å². The third-order valence-electron chi connectivity index (χ3n) is 2.60. The van der Waals surface area contributed by atoms with Gasteiger partial charge in [-0.2, -0.15) is 0 Å². The highest BCUT2D eigenvalue weighted by Gasteiger charge is 2.10. The molecule has 0 aliphatic carbocycles. The number of hydrogen-bond donors (Lipinski definition) is 1. The van der Waals surface area contributed by atoms with Crippen molar-refractivity contribution in [1.29, 1.82) is 0 Å². The third kappa shape index (κ3) is 3.52. The molecule has 2 aromatic rings. The van der Waals surface area contributed by atoms with E-state index >= 15 is 0 Å². The molecule has 5 heteroatoms. The summed E-state index contributed by atoms with van der Waals surface area (Å²) in [5, 5.41) is 9.93. The second-order valence-corrected chi connectivity index (χ2v) is 5.41. The first-order valence-corrected chi connectivity index (χ1v) is 6.75. The molecule has 3 nitrogen and oxygen atoms in total. The highest BCUT2D eigenvalue weighted by Crippen LogP contribution is 2.29. The zero-order valence-corrected chi connectivity index (χ0v) is 11.8. The molecule has 1 heterocycles. The van der Waals surface area contributed by atoms with E-state index in [0.717, 1.165) is 11.4 Å². The third-order valence-corrected chi connectivity index (χ3v) is 3.52. The van der Waals surface area contributed by atoms with Crippen LogP contribution < -0.4 is 0 Å². The van der Waals surface area contributed by atoms with Crippen LogP contribution in [0.25, 0.3) is 0 Å². The maximum atomic E-state index is 13.9. The van der Waals surface area contributed by atoms with E-state index in [1.54, 1.807) is 19.1 Å². The number of rotatable bonds is 3. The van der Waals surface area contributed by atoms with Crippen LogP contribution in [0.2, 0.25) is 0 Å². The number of aliphatic hydroxyl groups is 1. The molecule has 1 atom stereocenters. The van der Waals surface area contributed by atoms with Gasteiger partial charge in [-0.15, -0.1) is 0 Å². The van der Waals surface area contributed by atoms with Crippen LogP contribution in [0.1, 0.15) is 30.0 Å². The molecule has 100 valence electrons. The molecular weight excluding hydrogens is 263 g/mol. The summed E-state index contributed by atoms with van der Waals surface area (Å²) in [5.74, 6) is -0.369. The van der Waals surface area contributed by atoms with Gasteiger partial charge in [-0.1, -0.05) is 6.07 Å². The Morgan fingerprint density at radius 3 is 2.32 bits per heavy atom. The summed E-state index contributed by atoms with van der Waals surface area (Å²) in [6.07, 6.45) is -0.675. The molecule has 0 amide bonds. The second-order valence-electron chi connectivity index (χ2n) is 4.40. The maximum Gasteiger partial charge on any atom is 0.192 e. The average Bonchev–Trinajstić information content (AvgIpc) is 2.30. The van der Waals surface area contributed by atoms with Gasteiger partial charge in [-0.25, -0.2) is 14.4 Å². The summed E-state index contributed by atoms with van der Waals surface area (Å²) in [6, 6.07) is 6.56. The van der Waals surface area contributed by atoms with Crippen LogP contribution in [0.15, 0.2) is 34.3 Å². The summed E-state index contributed by atoms with van der Waals surface area (Å²) in [5.41, 5.74) is 2.27. The Labute approximate surface area is 115 Å². The van der Waals surface area contributed by atoms with Crippen LogP contribution >= 0.6 is 11.8 Å². The smallest absolute Gasteiger partial charge is 0.192 e. The highest BCUT2D eigenvalue weighted by atomic mass is 32.2. The fourth-order valence-electron chi connectivity index (χ4n) is 1.70. The van der Waals surface area contributed by atoms with Gasteiger partial charge < -0.3 is 5.11 Å². The van der Waals surface area contributed by atoms with E-state index in [1.807, 2.05) is 19.9 Å². The number of aliphatic hydroxyl groups excluding tert-OH is 1. The van der Waals surface area contributed by atoms with Gasteiger partial charge >= 0.3 is 0 Å². The predicted molar refractivity (Wildman–Crippen MR) is 72.7 cm³/mol. The Bertz CT molecular complexity index is 582. The van der Waals surface area contributed by atoms with Crippen molar-refractivity contribution in [2.24, 2.45) is 0 Å². The number of halogens is 1. The molecule has 1 aromatic carbocycles. The van der Waals surface area contributed by atoms with Gasteiger partial charge in [0.05, 0.1) is 11.0 Å². The summed E-state index contributed by atoms with van der Waals surface area (Å²) in [6.45, 7) is 5.37. The van der Waals surface area contributed by atoms with Gasteiger partial charge in [0.2, 0.25) is 0 Å². The zero-order chi connectivity index (χ0) is 14.0. The molecule has 19 heavy (non-hydrogen) atoms. The first kappa shape index (κ1) is 14.0. The van der Waals surface area contributed by atoms with E-state index in [9.17, 15) is 9.50 Å². The van der Waals surface area contributed by atoms with Gasteiger partial charge in [0.25, 0.3) is 0 Å². The lowest BCUT2D eigenvalue weighted by atomic mass is 10.1. The molecule has 0 radical (unpaired) electrons. The Morgan fingerprint density at radius 2 is 1.79 bits per heavy atom. The molecule has 0 spiro atoms. The SMILES string of the molecule is Cc1cc(C)nc(Sc2ccc([C@@H](C)O)cc2F)n1. The van der Waals surface area contributed by atoms with Crippen molar-refractivity contribution in [2.45, 2.75) is 36.9 Å². The summed E-state index contributed by atoms with van der Waals surface area (Å²) in [4.78, 5) is 8.98. The van der Waals surface area contributed by atoms with Crippen molar-refractivity contribution in [3.05, 3.63) is 47.0 Å². The second kappa shape index (κ2) is 5.67. The highest BCUT2D eigenvalue weighted by molar-refractivity contribution is 7.99. The molecule has 0 saturated heterocycles. The van der Waals surface area contributed by atoms with E-state index < -0.39 is 6.10 Å². The minimum atomic E-state index is -0.675. The Morgan fingerprint density at radius 1 is 1.16 bits per heavy atom. The lowest BCUT2D eigenvalue weighted by molar-refractivity contribution is 0.198. The van der Waals surface area contributed by atoms with Gasteiger partial charge in [0.15, 0.2) is 5.16 Å². The lowest BCUT2D eigenvalue weighted by Gasteiger charge is -2.08. The first-order valence-electron chi connectivity index (χ1n) is 5.93. The molecular formula is C14H15FN2OS. The van der Waals surface area contributed by atoms with E-state index in [1.165, 1.54) is 17.8 Å². The Balaban J connectivity index is 2.28. The van der Waals surface area contributed by atoms with E-state index in [-0.39, 0.29) is 5.82 Å². The number of aryl methyl sites for hydroxylation is 2. The predicted octanol–water partition coefficient (Wildman–Crippen LogP) is 3.44. The summed E-state index contributed by atoms with van der Waals surface area (Å²) < 4.78 is 13.9. The normalized spacial score (nSPS) is 12.5. The molecule has 0 aliphatic heterocycles. The van der Waals surface area contributed by atoms with Crippen LogP contribution in [0.5, 0.6) is 0 Å². The molecule has 2 rings (SSSR count). The molecule has 0 fully saturated rings. The van der Waals surface area contributed by atoms with E-state index in [0.29, 0.717) is 15.6 Å². The van der Waals surface area contributed by atoms with Crippen molar-refractivity contribution in [2.75, 3.05) is 0 Å².